The number of carbonyl (C=O) groups is 3. The van der Waals surface area contributed by atoms with Crippen LogP contribution in [0.25, 0.3) is 0 Å². The summed E-state index contributed by atoms with van der Waals surface area (Å²) in [5, 5.41) is 0. The summed E-state index contributed by atoms with van der Waals surface area (Å²) in [6.45, 7) is 6.69. The van der Waals surface area contributed by atoms with Gasteiger partial charge in [-0.25, -0.2) is 0 Å². The van der Waals surface area contributed by atoms with Gasteiger partial charge in [-0.3, -0.25) is 14.4 Å². The molecular formula is C37H71NO5. The molecule has 0 aliphatic heterocycles. The predicted octanol–water partition coefficient (Wildman–Crippen LogP) is 10.7. The van der Waals surface area contributed by atoms with Crippen molar-refractivity contribution in [3.8, 4) is 0 Å². The Morgan fingerprint density at radius 3 is 1.23 bits per heavy atom. The topological polar surface area (TPSA) is 95.7 Å². The lowest BCUT2D eigenvalue weighted by Gasteiger charge is -2.20. The van der Waals surface area contributed by atoms with Crippen LogP contribution in [0.5, 0.6) is 0 Å². The molecule has 2 N–H and O–H groups in total. The van der Waals surface area contributed by atoms with E-state index in [9.17, 15) is 14.4 Å². The summed E-state index contributed by atoms with van der Waals surface area (Å²) >= 11 is 0. The van der Waals surface area contributed by atoms with Crippen molar-refractivity contribution in [2.45, 2.75) is 219 Å². The lowest BCUT2D eigenvalue weighted by molar-refractivity contribution is -0.159. The van der Waals surface area contributed by atoms with Crippen molar-refractivity contribution in [3.05, 3.63) is 0 Å². The van der Waals surface area contributed by atoms with Gasteiger partial charge in [0.25, 0.3) is 0 Å². The van der Waals surface area contributed by atoms with Gasteiger partial charge in [0.05, 0.1) is 0 Å². The SMILES string of the molecule is CCCCCCCCCCCC(=O)OC(=O)CC[C@H](N)C(=O)OC(CCCCCCCC)CCCCCCCCCCC. The number of rotatable bonds is 32. The molecule has 0 aromatic heterocycles. The molecule has 0 saturated heterocycles. The second-order valence-corrected chi connectivity index (χ2v) is 12.8. The van der Waals surface area contributed by atoms with Crippen molar-refractivity contribution in [2.24, 2.45) is 5.73 Å². The third-order valence-electron chi connectivity index (χ3n) is 8.47. The summed E-state index contributed by atoms with van der Waals surface area (Å²) < 4.78 is 10.8. The van der Waals surface area contributed by atoms with Crippen molar-refractivity contribution in [3.63, 3.8) is 0 Å². The molecule has 6 nitrogen and oxygen atoms in total. The van der Waals surface area contributed by atoms with E-state index in [0.717, 1.165) is 51.4 Å². The van der Waals surface area contributed by atoms with Gasteiger partial charge in [-0.05, 0) is 38.5 Å². The van der Waals surface area contributed by atoms with Crippen molar-refractivity contribution in [2.75, 3.05) is 0 Å². The number of unbranched alkanes of at least 4 members (excludes halogenated alkanes) is 21. The smallest absolute Gasteiger partial charge is 0.323 e. The molecule has 0 saturated carbocycles. The number of ether oxygens (including phenoxy) is 2. The third kappa shape index (κ3) is 29.1. The van der Waals surface area contributed by atoms with Crippen LogP contribution < -0.4 is 5.73 Å². The zero-order valence-electron chi connectivity index (χ0n) is 28.8. The van der Waals surface area contributed by atoms with Crippen LogP contribution in [-0.2, 0) is 23.9 Å². The molecule has 0 radical (unpaired) electrons. The first-order valence-electron chi connectivity index (χ1n) is 18.6. The van der Waals surface area contributed by atoms with E-state index in [4.69, 9.17) is 15.2 Å². The molecule has 0 aliphatic carbocycles. The van der Waals surface area contributed by atoms with E-state index in [-0.39, 0.29) is 25.4 Å². The standard InChI is InChI=1S/C37H71NO5/c1-4-7-10-13-16-18-20-23-26-29-33(28-25-22-15-12-9-6-3)42-37(41)34(38)31-32-36(40)43-35(39)30-27-24-21-19-17-14-11-8-5-2/h33-34H,4-32,38H2,1-3H3/t33?,34-/m0/s1. The van der Waals surface area contributed by atoms with Crippen LogP contribution in [0.15, 0.2) is 0 Å². The number of esters is 3. The van der Waals surface area contributed by atoms with E-state index in [0.29, 0.717) is 0 Å². The molecule has 0 rings (SSSR count). The quantitative estimate of drug-likeness (QED) is 0.0463. The highest BCUT2D eigenvalue weighted by Crippen LogP contribution is 2.18. The average molecular weight is 610 g/mol. The number of nitrogens with two attached hydrogens (primary N) is 1. The molecule has 0 heterocycles. The second kappa shape index (κ2) is 32.0. The van der Waals surface area contributed by atoms with Gasteiger partial charge >= 0.3 is 17.9 Å². The molecule has 254 valence electrons. The molecule has 0 aromatic rings. The first-order chi connectivity index (χ1) is 20.9. The summed E-state index contributed by atoms with van der Waals surface area (Å²) in [6.07, 6.45) is 31.0. The molecule has 6 heteroatoms. The van der Waals surface area contributed by atoms with Gasteiger partial charge in [0.15, 0.2) is 0 Å². The van der Waals surface area contributed by atoms with E-state index in [1.54, 1.807) is 0 Å². The second-order valence-electron chi connectivity index (χ2n) is 12.8. The molecule has 43 heavy (non-hydrogen) atoms. The molecule has 2 atom stereocenters. The number of hydrogen-bond acceptors (Lipinski definition) is 6. The maximum absolute atomic E-state index is 12.8. The van der Waals surface area contributed by atoms with Crippen LogP contribution in [0.3, 0.4) is 0 Å². The Bertz CT molecular complexity index is 653. The zero-order chi connectivity index (χ0) is 31.8. The largest absolute Gasteiger partial charge is 0.461 e. The van der Waals surface area contributed by atoms with E-state index in [1.165, 1.54) is 116 Å². The first kappa shape index (κ1) is 41.6. The normalized spacial score (nSPS) is 12.7. The van der Waals surface area contributed by atoms with Gasteiger partial charge in [0, 0.05) is 12.8 Å². The highest BCUT2D eigenvalue weighted by molar-refractivity contribution is 5.85. The predicted molar refractivity (Wildman–Crippen MR) is 180 cm³/mol. The highest BCUT2D eigenvalue weighted by Gasteiger charge is 2.22. The number of hydrogen-bond donors (Lipinski definition) is 1. The highest BCUT2D eigenvalue weighted by atomic mass is 16.6. The minimum Gasteiger partial charge on any atom is -0.461 e. The molecule has 0 aromatic carbocycles. The minimum atomic E-state index is -0.879. The summed E-state index contributed by atoms with van der Waals surface area (Å²) in [4.78, 5) is 36.9. The van der Waals surface area contributed by atoms with Crippen LogP contribution in [0.4, 0.5) is 0 Å². The minimum absolute atomic E-state index is 0.0554. The van der Waals surface area contributed by atoms with E-state index in [2.05, 4.69) is 20.8 Å². The fourth-order valence-corrected chi connectivity index (χ4v) is 5.55. The Morgan fingerprint density at radius 1 is 0.465 bits per heavy atom. The fraction of sp³-hybridized carbons (Fsp3) is 0.919. The first-order valence-corrected chi connectivity index (χ1v) is 18.6. The van der Waals surface area contributed by atoms with Gasteiger partial charge in [-0.1, -0.05) is 156 Å². The lowest BCUT2D eigenvalue weighted by atomic mass is 10.0. The van der Waals surface area contributed by atoms with Crippen LogP contribution in [0.1, 0.15) is 207 Å². The van der Waals surface area contributed by atoms with Crippen molar-refractivity contribution >= 4 is 17.9 Å². The van der Waals surface area contributed by atoms with Crippen molar-refractivity contribution < 1.29 is 23.9 Å². The summed E-state index contributed by atoms with van der Waals surface area (Å²) in [5.74, 6) is -1.53. The van der Waals surface area contributed by atoms with E-state index in [1.807, 2.05) is 0 Å². The molecular weight excluding hydrogens is 538 g/mol. The summed E-state index contributed by atoms with van der Waals surface area (Å²) in [6, 6.07) is -0.879. The maximum Gasteiger partial charge on any atom is 0.323 e. The fourth-order valence-electron chi connectivity index (χ4n) is 5.55. The molecule has 0 aliphatic rings. The van der Waals surface area contributed by atoms with Crippen molar-refractivity contribution in [1.82, 2.24) is 0 Å². The average Bonchev–Trinajstić information content (AvgIpc) is 2.99. The monoisotopic (exact) mass is 610 g/mol. The summed E-state index contributed by atoms with van der Waals surface area (Å²) in [5.41, 5.74) is 6.10. The Kier molecular flexibility index (Phi) is 30.9. The molecule has 1 unspecified atom stereocenters. The van der Waals surface area contributed by atoms with Crippen LogP contribution in [-0.4, -0.2) is 30.1 Å². The van der Waals surface area contributed by atoms with E-state index >= 15 is 0 Å². The van der Waals surface area contributed by atoms with Gasteiger partial charge in [0.1, 0.15) is 12.1 Å². The van der Waals surface area contributed by atoms with Crippen LogP contribution in [0, 0.1) is 0 Å². The number of carbonyl (C=O) groups excluding carboxylic acids is 3. The van der Waals surface area contributed by atoms with E-state index < -0.39 is 23.9 Å². The zero-order valence-corrected chi connectivity index (χ0v) is 28.8. The van der Waals surface area contributed by atoms with Crippen LogP contribution >= 0.6 is 0 Å². The Labute approximate surface area is 266 Å². The molecule has 0 fully saturated rings. The van der Waals surface area contributed by atoms with Gasteiger partial charge in [-0.2, -0.15) is 0 Å². The maximum atomic E-state index is 12.8. The van der Waals surface area contributed by atoms with Crippen molar-refractivity contribution in [1.29, 1.82) is 0 Å². The van der Waals surface area contributed by atoms with Gasteiger partial charge < -0.3 is 15.2 Å². The summed E-state index contributed by atoms with van der Waals surface area (Å²) in [7, 11) is 0. The van der Waals surface area contributed by atoms with Gasteiger partial charge in [0.2, 0.25) is 0 Å². The lowest BCUT2D eigenvalue weighted by Crippen LogP contribution is -2.35. The third-order valence-corrected chi connectivity index (χ3v) is 8.47. The Balaban J connectivity index is 4.27. The molecule has 0 spiro atoms. The molecule has 0 bridgehead atoms. The van der Waals surface area contributed by atoms with Gasteiger partial charge in [-0.15, -0.1) is 0 Å². The van der Waals surface area contributed by atoms with Crippen LogP contribution in [0.2, 0.25) is 0 Å². The Morgan fingerprint density at radius 2 is 0.814 bits per heavy atom. The molecule has 0 amide bonds. The Hall–Kier alpha value is -1.43.